The lowest BCUT2D eigenvalue weighted by molar-refractivity contribution is -0.137. The van der Waals surface area contributed by atoms with Crippen LogP contribution < -0.4 is 14.2 Å². The van der Waals surface area contributed by atoms with Crippen LogP contribution in [0.5, 0.6) is 17.2 Å². The fourth-order valence-electron chi connectivity index (χ4n) is 7.77. The van der Waals surface area contributed by atoms with Crippen LogP contribution in [0.3, 0.4) is 0 Å². The van der Waals surface area contributed by atoms with E-state index in [0.717, 1.165) is 101 Å². The van der Waals surface area contributed by atoms with Crippen LogP contribution in [0.4, 0.5) is 13.2 Å². The van der Waals surface area contributed by atoms with E-state index in [1.807, 2.05) is 72.8 Å². The van der Waals surface area contributed by atoms with Gasteiger partial charge in [0.05, 0.1) is 28.8 Å². The molecule has 0 spiro atoms. The number of hydrogen-bond donors (Lipinski definition) is 0. The Morgan fingerprint density at radius 3 is 1.02 bits per heavy atom. The van der Waals surface area contributed by atoms with Gasteiger partial charge >= 0.3 is 16.3 Å². The average Bonchev–Trinajstić information content (AvgIpc) is 3.19. The first-order chi connectivity index (χ1) is 26.1. The van der Waals surface area contributed by atoms with Crippen molar-refractivity contribution in [2.75, 3.05) is 0 Å². The minimum Gasteiger partial charge on any atom is -0.490 e. The first-order valence-corrected chi connectivity index (χ1v) is 22.3. The molecule has 0 saturated heterocycles. The summed E-state index contributed by atoms with van der Waals surface area (Å²) >= 11 is 0. The van der Waals surface area contributed by atoms with Crippen LogP contribution in [-0.4, -0.2) is 26.7 Å². The van der Waals surface area contributed by atoms with Crippen LogP contribution in [-0.2, 0) is 19.9 Å². The molecule has 290 valence electrons. The van der Waals surface area contributed by atoms with Crippen molar-refractivity contribution in [2.24, 2.45) is 0 Å². The highest BCUT2D eigenvalue weighted by atomic mass is 32.3. The summed E-state index contributed by atoms with van der Waals surface area (Å²) in [5, 5.41) is 0. The van der Waals surface area contributed by atoms with Gasteiger partial charge in [-0.2, -0.15) is 21.6 Å². The number of halogens is 3. The SMILES string of the molecule is O=S(=O)(OS(c1ccc(OC2CCCCC2)cc1)(c1ccc(OC2CCCCC2)cc1)c1ccc(OC2CCCCC2)cc1)c1ccc(C(F)(F)F)cc1. The molecule has 4 aromatic carbocycles. The van der Waals surface area contributed by atoms with Crippen molar-refractivity contribution < 1.29 is 39.4 Å². The quantitative estimate of drug-likeness (QED) is 0.143. The molecule has 3 aliphatic carbocycles. The third kappa shape index (κ3) is 9.23. The zero-order valence-corrected chi connectivity index (χ0v) is 32.1. The molecular weight excluding hydrogens is 734 g/mol. The minimum absolute atomic E-state index is 0.117. The van der Waals surface area contributed by atoms with Crippen molar-refractivity contribution in [3.05, 3.63) is 103 Å². The van der Waals surface area contributed by atoms with E-state index in [4.69, 9.17) is 17.8 Å². The van der Waals surface area contributed by atoms with Gasteiger partial charge in [0.1, 0.15) is 17.2 Å². The maximum atomic E-state index is 14.4. The summed E-state index contributed by atoms with van der Waals surface area (Å²) < 4.78 is 94.7. The van der Waals surface area contributed by atoms with E-state index in [2.05, 4.69) is 0 Å². The average molecular weight is 783 g/mol. The van der Waals surface area contributed by atoms with Gasteiger partial charge in [-0.3, -0.25) is 0 Å². The summed E-state index contributed by atoms with van der Waals surface area (Å²) in [7, 11) is -7.75. The Morgan fingerprint density at radius 2 is 0.722 bits per heavy atom. The van der Waals surface area contributed by atoms with Gasteiger partial charge in [-0.05, 0) is 184 Å². The fraction of sp³-hybridized carbons (Fsp3) is 0.442. The number of rotatable bonds is 12. The van der Waals surface area contributed by atoms with Gasteiger partial charge < -0.3 is 14.2 Å². The van der Waals surface area contributed by atoms with Gasteiger partial charge in [0.2, 0.25) is 0 Å². The Morgan fingerprint density at radius 1 is 0.426 bits per heavy atom. The van der Waals surface area contributed by atoms with Crippen molar-refractivity contribution >= 4 is 20.4 Å². The van der Waals surface area contributed by atoms with Crippen molar-refractivity contribution in [1.82, 2.24) is 0 Å². The number of hydrogen-bond acceptors (Lipinski definition) is 6. The van der Waals surface area contributed by atoms with Crippen LogP contribution in [0.2, 0.25) is 0 Å². The molecule has 3 saturated carbocycles. The van der Waals surface area contributed by atoms with Crippen LogP contribution in [0, 0.1) is 0 Å². The normalized spacial score (nSPS) is 18.6. The predicted molar refractivity (Wildman–Crippen MR) is 204 cm³/mol. The first kappa shape index (κ1) is 38.6. The summed E-state index contributed by atoms with van der Waals surface area (Å²) in [6, 6.07) is 25.6. The lowest BCUT2D eigenvalue weighted by Crippen LogP contribution is -2.20. The second-order valence-corrected chi connectivity index (χ2v) is 19.1. The molecule has 3 aliphatic rings. The highest BCUT2D eigenvalue weighted by Gasteiger charge is 2.39. The Balaban J connectivity index is 1.31. The Bertz CT molecular complexity index is 1740. The Hall–Kier alpha value is -3.67. The number of alkyl halides is 3. The fourth-order valence-corrected chi connectivity index (χ4v) is 12.9. The van der Waals surface area contributed by atoms with E-state index >= 15 is 0 Å². The van der Waals surface area contributed by atoms with E-state index in [9.17, 15) is 21.6 Å². The van der Waals surface area contributed by atoms with Gasteiger partial charge in [-0.1, -0.05) is 19.3 Å². The summed E-state index contributed by atoms with van der Waals surface area (Å²) in [4.78, 5) is 1.36. The zero-order valence-electron chi connectivity index (χ0n) is 30.5. The van der Waals surface area contributed by atoms with Gasteiger partial charge in [0.25, 0.3) is 0 Å². The summed E-state index contributed by atoms with van der Waals surface area (Å²) in [6.45, 7) is 0. The van der Waals surface area contributed by atoms with Crippen molar-refractivity contribution in [3.8, 4) is 17.2 Å². The topological polar surface area (TPSA) is 71.1 Å². The van der Waals surface area contributed by atoms with E-state index in [1.165, 1.54) is 19.3 Å². The van der Waals surface area contributed by atoms with Crippen molar-refractivity contribution in [1.29, 1.82) is 0 Å². The largest absolute Gasteiger partial charge is 0.490 e. The van der Waals surface area contributed by atoms with Gasteiger partial charge in [0.15, 0.2) is 0 Å². The lowest BCUT2D eigenvalue weighted by Gasteiger charge is -2.39. The lowest BCUT2D eigenvalue weighted by atomic mass is 9.98. The standard InChI is InChI=1S/C43H49F3O6S2/c44-43(45,46)32-16-24-42(25-17-32)54(47,48)52-53(39-26-18-36(19-27-39)49-33-10-4-1-5-11-33,40-28-20-37(21-29-40)50-34-12-6-2-7-13-34)41-30-22-38(23-31-41)51-35-14-8-3-9-15-35/h16-31,33-35H,1-15H2. The van der Waals surface area contributed by atoms with Crippen molar-refractivity contribution in [2.45, 2.75) is 140 Å². The smallest absolute Gasteiger partial charge is 0.416 e. The van der Waals surface area contributed by atoms with E-state index in [1.54, 1.807) is 0 Å². The van der Waals surface area contributed by atoms with Crippen LogP contribution >= 0.6 is 10.3 Å². The van der Waals surface area contributed by atoms with Crippen LogP contribution in [0.15, 0.2) is 117 Å². The summed E-state index contributed by atoms with van der Waals surface area (Å²) in [6.07, 6.45) is 11.9. The number of benzene rings is 4. The first-order valence-electron chi connectivity index (χ1n) is 19.4. The number of ether oxygens (including phenoxy) is 3. The molecule has 0 aromatic heterocycles. The van der Waals surface area contributed by atoms with Gasteiger partial charge in [0, 0.05) is 14.7 Å². The molecule has 6 nitrogen and oxygen atoms in total. The van der Waals surface area contributed by atoms with Crippen LogP contribution in [0.25, 0.3) is 0 Å². The molecule has 11 heteroatoms. The second-order valence-electron chi connectivity index (χ2n) is 14.6. The van der Waals surface area contributed by atoms with Crippen LogP contribution in [0.1, 0.15) is 102 Å². The molecule has 4 aromatic rings. The molecule has 0 N–H and O–H groups in total. The molecule has 0 radical (unpaired) electrons. The molecule has 0 atom stereocenters. The Labute approximate surface area is 319 Å². The maximum absolute atomic E-state index is 14.4. The van der Waals surface area contributed by atoms with Gasteiger partial charge in [-0.25, -0.2) is 3.63 Å². The third-order valence-electron chi connectivity index (χ3n) is 10.7. The molecule has 0 bridgehead atoms. The molecule has 0 unspecified atom stereocenters. The molecule has 7 rings (SSSR count). The second kappa shape index (κ2) is 17.0. The van der Waals surface area contributed by atoms with Gasteiger partial charge in [-0.15, -0.1) is 0 Å². The molecule has 0 aliphatic heterocycles. The molecular formula is C43H49F3O6S2. The summed E-state index contributed by atoms with van der Waals surface area (Å²) in [5.74, 6) is 2.03. The molecule has 0 amide bonds. The monoisotopic (exact) mass is 782 g/mol. The highest BCUT2D eigenvalue weighted by Crippen LogP contribution is 2.70. The van der Waals surface area contributed by atoms with E-state index < -0.39 is 32.2 Å². The highest BCUT2D eigenvalue weighted by molar-refractivity contribution is 8.33. The maximum Gasteiger partial charge on any atom is 0.416 e. The molecule has 0 heterocycles. The zero-order chi connectivity index (χ0) is 37.6. The third-order valence-corrected chi connectivity index (χ3v) is 15.9. The summed E-state index contributed by atoms with van der Waals surface area (Å²) in [5.41, 5.74) is -0.948. The minimum atomic E-state index is -4.65. The van der Waals surface area contributed by atoms with E-state index in [-0.39, 0.29) is 23.2 Å². The van der Waals surface area contributed by atoms with E-state index in [0.29, 0.717) is 31.9 Å². The molecule has 54 heavy (non-hydrogen) atoms. The van der Waals surface area contributed by atoms with Crippen molar-refractivity contribution in [3.63, 3.8) is 0 Å². The Kier molecular flexibility index (Phi) is 12.2. The predicted octanol–water partition coefficient (Wildman–Crippen LogP) is 12.4. The molecule has 3 fully saturated rings.